The molecule has 86 valence electrons. The lowest BCUT2D eigenvalue weighted by atomic mass is 10.0. The summed E-state index contributed by atoms with van der Waals surface area (Å²) < 4.78 is 2.35. The fourth-order valence-electron chi connectivity index (χ4n) is 2.71. The average Bonchev–Trinajstić information content (AvgIpc) is 2.49. The molecule has 0 bridgehead atoms. The highest BCUT2D eigenvalue weighted by molar-refractivity contribution is 5.88. The highest BCUT2D eigenvalue weighted by Crippen LogP contribution is 2.33. The average molecular weight is 216 g/mol. The van der Waals surface area contributed by atoms with Gasteiger partial charge in [-0.1, -0.05) is 27.7 Å². The third-order valence-corrected chi connectivity index (χ3v) is 3.19. The first kappa shape index (κ1) is 11.2. The van der Waals surface area contributed by atoms with E-state index in [0.29, 0.717) is 11.8 Å². The second kappa shape index (κ2) is 3.93. The molecule has 0 atom stereocenters. The van der Waals surface area contributed by atoms with Crippen molar-refractivity contribution < 1.29 is 0 Å². The number of hydrogen-bond donors (Lipinski definition) is 0. The Hall–Kier alpha value is -1.31. The van der Waals surface area contributed by atoms with Crippen LogP contribution in [0, 0.1) is 0 Å². The van der Waals surface area contributed by atoms with Gasteiger partial charge in [0.15, 0.2) is 0 Å². The van der Waals surface area contributed by atoms with Crippen LogP contribution in [0.4, 0.5) is 0 Å². The summed E-state index contributed by atoms with van der Waals surface area (Å²) in [5.74, 6) is 1.08. The molecule has 16 heavy (non-hydrogen) atoms. The van der Waals surface area contributed by atoms with Gasteiger partial charge >= 0.3 is 0 Å². The molecule has 0 N–H and O–H groups in total. The molecule has 0 amide bonds. The van der Waals surface area contributed by atoms with Gasteiger partial charge in [-0.05, 0) is 17.9 Å². The number of pyridine rings is 1. The van der Waals surface area contributed by atoms with Crippen molar-refractivity contribution in [2.75, 3.05) is 0 Å². The lowest BCUT2D eigenvalue weighted by Gasteiger charge is -2.12. The number of aromatic nitrogens is 2. The highest BCUT2D eigenvalue weighted by Gasteiger charge is 2.18. The summed E-state index contributed by atoms with van der Waals surface area (Å²) in [6.07, 6.45) is 3.88. The molecular weight excluding hydrogens is 196 g/mol. The summed E-state index contributed by atoms with van der Waals surface area (Å²) in [7, 11) is 2.17. The molecule has 2 rings (SSSR count). The third kappa shape index (κ3) is 1.53. The van der Waals surface area contributed by atoms with E-state index in [4.69, 9.17) is 0 Å². The molecule has 2 aromatic heterocycles. The molecule has 0 aliphatic rings. The molecule has 0 saturated heterocycles. The fraction of sp³-hybridized carbons (Fsp3) is 0.500. The van der Waals surface area contributed by atoms with Crippen molar-refractivity contribution in [3.63, 3.8) is 0 Å². The third-order valence-electron chi connectivity index (χ3n) is 3.19. The van der Waals surface area contributed by atoms with Gasteiger partial charge in [0.1, 0.15) is 0 Å². The van der Waals surface area contributed by atoms with E-state index < -0.39 is 0 Å². The van der Waals surface area contributed by atoms with Crippen LogP contribution >= 0.6 is 0 Å². The van der Waals surface area contributed by atoms with Crippen LogP contribution in [-0.2, 0) is 7.05 Å². The lowest BCUT2D eigenvalue weighted by molar-refractivity contribution is 0.684. The van der Waals surface area contributed by atoms with Crippen molar-refractivity contribution in [2.24, 2.45) is 7.05 Å². The monoisotopic (exact) mass is 216 g/mol. The second-order valence-corrected chi connectivity index (χ2v) is 5.06. The van der Waals surface area contributed by atoms with Crippen LogP contribution in [0.1, 0.15) is 50.9 Å². The zero-order valence-corrected chi connectivity index (χ0v) is 10.8. The van der Waals surface area contributed by atoms with E-state index in [2.05, 4.69) is 50.4 Å². The van der Waals surface area contributed by atoms with Crippen LogP contribution in [0.5, 0.6) is 0 Å². The molecule has 2 nitrogen and oxygen atoms in total. The minimum absolute atomic E-state index is 0.532. The number of fused-ring (bicyclic) bond motifs is 1. The molecule has 0 unspecified atom stereocenters. The van der Waals surface area contributed by atoms with Crippen LogP contribution in [0.2, 0.25) is 0 Å². The van der Waals surface area contributed by atoms with Crippen molar-refractivity contribution in [3.8, 4) is 0 Å². The second-order valence-electron chi connectivity index (χ2n) is 5.06. The van der Waals surface area contributed by atoms with E-state index in [1.165, 1.54) is 22.2 Å². The van der Waals surface area contributed by atoms with E-state index in [9.17, 15) is 0 Å². The normalized spacial score (nSPS) is 11.9. The van der Waals surface area contributed by atoms with Gasteiger partial charge in [-0.25, -0.2) is 0 Å². The molecule has 0 spiro atoms. The zero-order chi connectivity index (χ0) is 11.9. The number of nitrogens with zero attached hydrogens (tertiary/aromatic N) is 2. The van der Waals surface area contributed by atoms with Crippen molar-refractivity contribution >= 4 is 10.8 Å². The smallest absolute Gasteiger partial charge is 0.0364 e. The lowest BCUT2D eigenvalue weighted by Crippen LogP contribution is -2.03. The Labute approximate surface area is 97.3 Å². The van der Waals surface area contributed by atoms with Crippen molar-refractivity contribution in [1.82, 2.24) is 9.55 Å². The molecule has 0 aliphatic carbocycles. The van der Waals surface area contributed by atoms with Gasteiger partial charge in [-0.15, -0.1) is 0 Å². The van der Waals surface area contributed by atoms with Crippen LogP contribution in [-0.4, -0.2) is 9.55 Å². The minimum atomic E-state index is 0.532. The minimum Gasteiger partial charge on any atom is -0.350 e. The molecule has 0 fully saturated rings. The molecule has 2 heterocycles. The Morgan fingerprint density at radius 1 is 1.00 bits per heavy atom. The van der Waals surface area contributed by atoms with Gasteiger partial charge < -0.3 is 4.57 Å². The molecular formula is C14H20N2. The summed E-state index contributed by atoms with van der Waals surface area (Å²) in [6, 6.07) is 2.14. The Bertz CT molecular complexity index is 462. The van der Waals surface area contributed by atoms with Gasteiger partial charge in [0, 0.05) is 41.6 Å². The Morgan fingerprint density at radius 2 is 1.56 bits per heavy atom. The zero-order valence-electron chi connectivity index (χ0n) is 10.8. The van der Waals surface area contributed by atoms with Gasteiger partial charge in [0.25, 0.3) is 0 Å². The SMILES string of the molecule is CC(C)c1c2ccncc2c(C(C)C)n1C. The highest BCUT2D eigenvalue weighted by atomic mass is 15.0. The van der Waals surface area contributed by atoms with Crippen molar-refractivity contribution in [1.29, 1.82) is 0 Å². The molecule has 0 aliphatic heterocycles. The molecule has 0 radical (unpaired) electrons. The van der Waals surface area contributed by atoms with E-state index in [0.717, 1.165) is 0 Å². The molecule has 2 aromatic rings. The largest absolute Gasteiger partial charge is 0.350 e. The quantitative estimate of drug-likeness (QED) is 0.746. The van der Waals surface area contributed by atoms with E-state index >= 15 is 0 Å². The maximum atomic E-state index is 4.26. The molecule has 0 aromatic carbocycles. The Morgan fingerprint density at radius 3 is 2.12 bits per heavy atom. The van der Waals surface area contributed by atoms with Gasteiger partial charge in [0.2, 0.25) is 0 Å². The maximum absolute atomic E-state index is 4.26. The fourth-order valence-corrected chi connectivity index (χ4v) is 2.71. The maximum Gasteiger partial charge on any atom is 0.0364 e. The first-order valence-electron chi connectivity index (χ1n) is 5.96. The van der Waals surface area contributed by atoms with Gasteiger partial charge in [0.05, 0.1) is 0 Å². The van der Waals surface area contributed by atoms with E-state index in [1.54, 1.807) is 0 Å². The van der Waals surface area contributed by atoms with Gasteiger partial charge in [-0.2, -0.15) is 0 Å². The van der Waals surface area contributed by atoms with Crippen LogP contribution < -0.4 is 0 Å². The predicted octanol–water partition coefficient (Wildman–Crippen LogP) is 3.82. The van der Waals surface area contributed by atoms with Crippen molar-refractivity contribution in [2.45, 2.75) is 39.5 Å². The molecule has 2 heteroatoms. The summed E-state index contributed by atoms with van der Waals surface area (Å²) in [6.45, 7) is 8.98. The number of rotatable bonds is 2. The molecule has 0 saturated carbocycles. The van der Waals surface area contributed by atoms with Crippen LogP contribution in [0.25, 0.3) is 10.8 Å². The van der Waals surface area contributed by atoms with Crippen molar-refractivity contribution in [3.05, 3.63) is 29.8 Å². The summed E-state index contributed by atoms with van der Waals surface area (Å²) in [5, 5.41) is 2.67. The van der Waals surface area contributed by atoms with Crippen LogP contribution in [0.3, 0.4) is 0 Å². The first-order chi connectivity index (χ1) is 7.54. The number of hydrogen-bond acceptors (Lipinski definition) is 1. The Kier molecular flexibility index (Phi) is 2.75. The van der Waals surface area contributed by atoms with E-state index in [1.807, 2.05) is 12.4 Å². The van der Waals surface area contributed by atoms with Crippen LogP contribution in [0.15, 0.2) is 18.5 Å². The summed E-state index contributed by atoms with van der Waals surface area (Å²) >= 11 is 0. The summed E-state index contributed by atoms with van der Waals surface area (Å²) in [5.41, 5.74) is 2.81. The van der Waals surface area contributed by atoms with E-state index in [-0.39, 0.29) is 0 Å². The first-order valence-corrected chi connectivity index (χ1v) is 5.96. The van der Waals surface area contributed by atoms with Gasteiger partial charge in [-0.3, -0.25) is 4.98 Å². The summed E-state index contributed by atoms with van der Waals surface area (Å²) in [4.78, 5) is 4.26. The predicted molar refractivity (Wildman–Crippen MR) is 68.9 cm³/mol. The standard InChI is InChI=1S/C14H20N2/c1-9(2)13-11-6-7-15-8-12(11)14(10(3)4)16(13)5/h6-10H,1-5H3. The topological polar surface area (TPSA) is 17.8 Å². The Balaban J connectivity index is 2.86.